The molecule has 0 saturated carbocycles. The fourth-order valence-electron chi connectivity index (χ4n) is 2.13. The summed E-state index contributed by atoms with van der Waals surface area (Å²) in [7, 11) is 0.235. The van der Waals surface area contributed by atoms with Gasteiger partial charge >= 0.3 is 0 Å². The van der Waals surface area contributed by atoms with Crippen LogP contribution in [-0.2, 0) is 4.43 Å². The molecule has 0 radical (unpaired) electrons. The third-order valence-corrected chi connectivity index (χ3v) is 9.21. The third-order valence-electron chi connectivity index (χ3n) is 2.87. The molecule has 14 heavy (non-hydrogen) atoms. The van der Waals surface area contributed by atoms with Gasteiger partial charge in [-0.3, -0.25) is 0 Å². The monoisotopic (exact) mass is 236 g/mol. The van der Waals surface area contributed by atoms with E-state index in [-0.39, 0.29) is 0 Å². The molecular weight excluding hydrogens is 212 g/mol. The molecule has 0 aromatic rings. The molecule has 0 heterocycles. The minimum Gasteiger partial charge on any atom is -0.418 e. The number of alkyl halides is 1. The lowest BCUT2D eigenvalue weighted by atomic mass is 10.4. The highest BCUT2D eigenvalue weighted by molar-refractivity contribution is 6.81. The van der Waals surface area contributed by atoms with Crippen molar-refractivity contribution in [3.05, 3.63) is 0 Å². The average Bonchev–Trinajstić information content (AvgIpc) is 2.17. The van der Waals surface area contributed by atoms with Crippen molar-refractivity contribution in [3.63, 3.8) is 0 Å². The van der Waals surface area contributed by atoms with Gasteiger partial charge in [-0.05, 0) is 18.5 Å². The molecule has 0 fully saturated rings. The van der Waals surface area contributed by atoms with E-state index >= 15 is 0 Å². The van der Waals surface area contributed by atoms with Gasteiger partial charge in [0.05, 0.1) is 5.00 Å². The molecule has 0 N–H and O–H groups in total. The summed E-state index contributed by atoms with van der Waals surface area (Å²) in [6.45, 7) is 6.65. The second-order valence-electron chi connectivity index (χ2n) is 4.03. The zero-order chi connectivity index (χ0) is 11.0. The number of hydrogen-bond donors (Lipinski definition) is 0. The van der Waals surface area contributed by atoms with Crippen molar-refractivity contribution in [3.8, 4) is 0 Å². The molecule has 86 valence electrons. The van der Waals surface area contributed by atoms with E-state index in [1.807, 2.05) is 7.11 Å². The quantitative estimate of drug-likeness (QED) is 0.450. The Kier molecular flexibility index (Phi) is 7.98. The predicted octanol–water partition coefficient (Wildman–Crippen LogP) is 4.35. The Balaban J connectivity index is 4.45. The Labute approximate surface area is 95.3 Å². The smallest absolute Gasteiger partial charge is 0.209 e. The van der Waals surface area contributed by atoms with E-state index in [2.05, 4.69) is 20.8 Å². The maximum absolute atomic E-state index is 6.50. The second-order valence-corrected chi connectivity index (χ2v) is 9.15. The van der Waals surface area contributed by atoms with E-state index in [0.717, 1.165) is 6.42 Å². The Bertz CT molecular complexity index is 135. The molecule has 0 bridgehead atoms. The van der Waals surface area contributed by atoms with Crippen LogP contribution in [0.3, 0.4) is 0 Å². The highest BCUT2D eigenvalue weighted by Gasteiger charge is 2.39. The van der Waals surface area contributed by atoms with Crippen molar-refractivity contribution in [2.75, 3.05) is 7.11 Å². The summed E-state index contributed by atoms with van der Waals surface area (Å²) >= 11 is 6.50. The molecule has 1 nitrogen and oxygen atoms in total. The van der Waals surface area contributed by atoms with Crippen molar-refractivity contribution in [1.82, 2.24) is 0 Å². The highest BCUT2D eigenvalue weighted by atomic mass is 35.5. The molecule has 0 aliphatic rings. The maximum atomic E-state index is 6.50. The molecule has 0 aliphatic heterocycles. The van der Waals surface area contributed by atoms with Gasteiger partial charge in [0.25, 0.3) is 0 Å². The van der Waals surface area contributed by atoms with Crippen LogP contribution in [0.15, 0.2) is 0 Å². The lowest BCUT2D eigenvalue weighted by Gasteiger charge is -2.33. The second kappa shape index (κ2) is 7.72. The SMILES string of the molecule is CCCC(Cl)[Si](CCC)(CCC)OC. The lowest BCUT2D eigenvalue weighted by Crippen LogP contribution is -2.46. The number of hydrogen-bond acceptors (Lipinski definition) is 1. The summed E-state index contributed by atoms with van der Waals surface area (Å²) in [6, 6.07) is 2.43. The summed E-state index contributed by atoms with van der Waals surface area (Å²) in [5.41, 5.74) is 0. The predicted molar refractivity (Wildman–Crippen MR) is 67.5 cm³/mol. The summed E-state index contributed by atoms with van der Waals surface area (Å²) in [5.74, 6) is 0. The molecule has 0 aromatic heterocycles. The molecule has 0 saturated heterocycles. The minimum absolute atomic E-state index is 0.303. The molecular formula is C11H25ClOSi. The lowest BCUT2D eigenvalue weighted by molar-refractivity contribution is 0.381. The van der Waals surface area contributed by atoms with Crippen LogP contribution < -0.4 is 0 Å². The van der Waals surface area contributed by atoms with Crippen LogP contribution >= 0.6 is 11.6 Å². The normalized spacial score (nSPS) is 14.4. The Morgan fingerprint density at radius 3 is 1.86 bits per heavy atom. The van der Waals surface area contributed by atoms with E-state index < -0.39 is 8.32 Å². The van der Waals surface area contributed by atoms with E-state index in [1.54, 1.807) is 0 Å². The molecule has 1 atom stereocenters. The van der Waals surface area contributed by atoms with Crippen molar-refractivity contribution in [2.24, 2.45) is 0 Å². The van der Waals surface area contributed by atoms with E-state index in [0.29, 0.717) is 5.00 Å². The van der Waals surface area contributed by atoms with Gasteiger partial charge in [0.1, 0.15) is 0 Å². The first-order valence-corrected chi connectivity index (χ1v) is 8.69. The maximum Gasteiger partial charge on any atom is 0.209 e. The van der Waals surface area contributed by atoms with Crippen molar-refractivity contribution in [2.45, 2.75) is 63.5 Å². The van der Waals surface area contributed by atoms with Gasteiger partial charge in [-0.1, -0.05) is 40.0 Å². The first kappa shape index (κ1) is 14.5. The fourth-order valence-corrected chi connectivity index (χ4v) is 7.32. The fraction of sp³-hybridized carbons (Fsp3) is 1.00. The van der Waals surface area contributed by atoms with E-state index in [9.17, 15) is 0 Å². The van der Waals surface area contributed by atoms with E-state index in [1.165, 1.54) is 31.4 Å². The average molecular weight is 237 g/mol. The largest absolute Gasteiger partial charge is 0.418 e. The van der Waals surface area contributed by atoms with Gasteiger partial charge in [-0.15, -0.1) is 11.6 Å². The van der Waals surface area contributed by atoms with E-state index in [4.69, 9.17) is 16.0 Å². The molecule has 0 amide bonds. The van der Waals surface area contributed by atoms with Crippen LogP contribution in [-0.4, -0.2) is 20.4 Å². The Hall–Kier alpha value is 0.467. The standard InChI is InChI=1S/C11H25ClOSi/c1-5-8-11(12)14(13-4,9-6-2)10-7-3/h11H,5-10H2,1-4H3. The first-order valence-electron chi connectivity index (χ1n) is 5.86. The van der Waals surface area contributed by atoms with Gasteiger partial charge in [0, 0.05) is 7.11 Å². The zero-order valence-electron chi connectivity index (χ0n) is 10.1. The molecule has 0 spiro atoms. The molecule has 0 rings (SSSR count). The Morgan fingerprint density at radius 2 is 1.57 bits per heavy atom. The summed E-state index contributed by atoms with van der Waals surface area (Å²) in [6.07, 6.45) is 4.68. The van der Waals surface area contributed by atoms with Crippen LogP contribution in [0.4, 0.5) is 0 Å². The van der Waals surface area contributed by atoms with Crippen molar-refractivity contribution < 1.29 is 4.43 Å². The third kappa shape index (κ3) is 3.91. The van der Waals surface area contributed by atoms with Crippen LogP contribution in [0.2, 0.25) is 12.1 Å². The molecule has 3 heteroatoms. The van der Waals surface area contributed by atoms with Crippen molar-refractivity contribution in [1.29, 1.82) is 0 Å². The van der Waals surface area contributed by atoms with Gasteiger partial charge in [-0.25, -0.2) is 0 Å². The first-order chi connectivity index (χ1) is 6.66. The number of halogens is 1. The molecule has 0 aromatic carbocycles. The topological polar surface area (TPSA) is 9.23 Å². The summed E-state index contributed by atoms with van der Waals surface area (Å²) in [4.78, 5) is 0. The van der Waals surface area contributed by atoms with Gasteiger partial charge in [-0.2, -0.15) is 0 Å². The highest BCUT2D eigenvalue weighted by Crippen LogP contribution is 2.30. The van der Waals surface area contributed by atoms with Crippen molar-refractivity contribution >= 4 is 19.9 Å². The molecule has 1 unspecified atom stereocenters. The van der Waals surface area contributed by atoms with Gasteiger partial charge in [0.15, 0.2) is 0 Å². The summed E-state index contributed by atoms with van der Waals surface area (Å²) < 4.78 is 5.84. The van der Waals surface area contributed by atoms with Crippen LogP contribution in [0, 0.1) is 0 Å². The number of rotatable bonds is 8. The minimum atomic E-state index is -1.63. The summed E-state index contributed by atoms with van der Waals surface area (Å²) in [5, 5.41) is 0.303. The molecule has 0 aliphatic carbocycles. The Morgan fingerprint density at radius 1 is 1.07 bits per heavy atom. The van der Waals surface area contributed by atoms with Gasteiger partial charge < -0.3 is 4.43 Å². The van der Waals surface area contributed by atoms with Crippen LogP contribution in [0.5, 0.6) is 0 Å². The van der Waals surface area contributed by atoms with Crippen LogP contribution in [0.25, 0.3) is 0 Å². The van der Waals surface area contributed by atoms with Crippen LogP contribution in [0.1, 0.15) is 46.5 Å². The van der Waals surface area contributed by atoms with Gasteiger partial charge in [0.2, 0.25) is 8.32 Å². The zero-order valence-corrected chi connectivity index (χ0v) is 11.9.